The molecule has 5 heterocycles. The van der Waals surface area contributed by atoms with Crippen LogP contribution in [0.1, 0.15) is 19.5 Å². The second-order valence-corrected chi connectivity index (χ2v) is 8.19. The van der Waals surface area contributed by atoms with Crippen LogP contribution in [0.25, 0.3) is 50.0 Å². The van der Waals surface area contributed by atoms with Gasteiger partial charge in [0.15, 0.2) is 0 Å². The van der Waals surface area contributed by atoms with Crippen molar-refractivity contribution in [1.82, 2.24) is 35.5 Å². The second kappa shape index (κ2) is 9.87. The Balaban J connectivity index is 1.58. The molecule has 7 nitrogen and oxygen atoms in total. The number of rotatable bonds is 8. The number of nitrogens with zero attached hydrogens (tertiary/aromatic N) is 4. The maximum absolute atomic E-state index is 4.99. The number of likely N-dealkylation sites (N-methyl/N-ethyl adjacent to an activating group) is 1. The number of aromatic nitrogens is 6. The van der Waals surface area contributed by atoms with Gasteiger partial charge in [0.1, 0.15) is 11.2 Å². The third-order valence-corrected chi connectivity index (χ3v) is 5.97. The fourth-order valence-electron chi connectivity index (χ4n) is 4.13. The molecule has 0 aliphatic rings. The Kier molecular flexibility index (Phi) is 6.32. The van der Waals surface area contributed by atoms with E-state index in [1.165, 1.54) is 0 Å². The van der Waals surface area contributed by atoms with Crippen molar-refractivity contribution < 1.29 is 0 Å². The molecule has 5 rings (SSSR count). The summed E-state index contributed by atoms with van der Waals surface area (Å²) in [6.45, 7) is 9.73. The predicted octanol–water partition coefficient (Wildman–Crippen LogP) is 5.69. The zero-order valence-corrected chi connectivity index (χ0v) is 19.8. The molecular formula is C28H27N7. The number of H-pyrrole nitrogens is 2. The third-order valence-electron chi connectivity index (χ3n) is 5.97. The summed E-state index contributed by atoms with van der Waals surface area (Å²) in [6, 6.07) is 10.1. The number of pyridine rings is 3. The lowest BCUT2D eigenvalue weighted by molar-refractivity contribution is 0.785. The zero-order chi connectivity index (χ0) is 24.2. The molecule has 7 heteroatoms. The number of nitrogens with one attached hydrogen (secondary N) is 3. The number of hydrogen-bond donors (Lipinski definition) is 3. The predicted molar refractivity (Wildman–Crippen MR) is 143 cm³/mol. The van der Waals surface area contributed by atoms with E-state index < -0.39 is 0 Å². The highest BCUT2D eigenvalue weighted by Crippen LogP contribution is 2.33. The van der Waals surface area contributed by atoms with Gasteiger partial charge < -0.3 is 10.3 Å². The summed E-state index contributed by atoms with van der Waals surface area (Å²) in [4.78, 5) is 17.1. The Hall–Kier alpha value is -4.36. The van der Waals surface area contributed by atoms with Crippen LogP contribution in [0.2, 0.25) is 0 Å². The minimum atomic E-state index is 0.763. The van der Waals surface area contributed by atoms with Crippen LogP contribution in [0, 0.1) is 0 Å². The molecule has 3 N–H and O–H groups in total. The summed E-state index contributed by atoms with van der Waals surface area (Å²) in [6.07, 6.45) is 13.4. The molecule has 0 aromatic carbocycles. The SMILES string of the molecule is C=C/C(=C\C(=C/C)c1ccc2[nH]nc(-c3cc4c(-c5cccnc5)cncc4[nH]3)c2n1)CNCC. The molecule has 0 atom stereocenters. The fourth-order valence-corrected chi connectivity index (χ4v) is 4.13. The maximum Gasteiger partial charge on any atom is 0.135 e. The summed E-state index contributed by atoms with van der Waals surface area (Å²) in [7, 11) is 0. The van der Waals surface area contributed by atoms with Crippen molar-refractivity contribution in [1.29, 1.82) is 0 Å². The highest BCUT2D eigenvalue weighted by Gasteiger charge is 2.16. The standard InChI is InChI=1S/C28H27N7/c1-4-18(14-29-6-3)12-19(5-2)23-9-10-24-27(33-23)28(35-34-24)25-13-21-22(16-31-17-26(21)32-25)20-8-7-11-30-15-20/h4-5,7-13,15-17,29,32H,1,6,14H2,2-3H3,(H,34,35)/b18-12+,19-5+. The van der Waals surface area contributed by atoms with Gasteiger partial charge in [-0.05, 0) is 55.0 Å². The van der Waals surface area contributed by atoms with Crippen LogP contribution in [0.4, 0.5) is 0 Å². The van der Waals surface area contributed by atoms with Crippen molar-refractivity contribution in [2.75, 3.05) is 13.1 Å². The van der Waals surface area contributed by atoms with E-state index in [-0.39, 0.29) is 0 Å². The van der Waals surface area contributed by atoms with E-state index in [9.17, 15) is 0 Å². The molecule has 0 fully saturated rings. The van der Waals surface area contributed by atoms with Gasteiger partial charge in [-0.2, -0.15) is 5.10 Å². The molecule has 5 aromatic rings. The van der Waals surface area contributed by atoms with Gasteiger partial charge in [0.05, 0.1) is 28.6 Å². The van der Waals surface area contributed by atoms with Crippen molar-refractivity contribution in [3.8, 4) is 22.5 Å². The Bertz CT molecular complexity index is 1550. The fraction of sp³-hybridized carbons (Fsp3) is 0.143. The van der Waals surface area contributed by atoms with Gasteiger partial charge in [-0.25, -0.2) is 4.98 Å². The molecule has 0 bridgehead atoms. The topological polar surface area (TPSA) is 95.2 Å². The van der Waals surface area contributed by atoms with Gasteiger partial charge in [-0.1, -0.05) is 31.7 Å². The normalized spacial score (nSPS) is 12.5. The highest BCUT2D eigenvalue weighted by molar-refractivity contribution is 5.99. The average Bonchev–Trinajstić information content (AvgIpc) is 3.53. The largest absolute Gasteiger partial charge is 0.352 e. The van der Waals surface area contributed by atoms with E-state index in [0.29, 0.717) is 0 Å². The number of fused-ring (bicyclic) bond motifs is 2. The van der Waals surface area contributed by atoms with Crippen molar-refractivity contribution in [2.24, 2.45) is 0 Å². The first-order valence-electron chi connectivity index (χ1n) is 11.6. The van der Waals surface area contributed by atoms with E-state index in [2.05, 4.69) is 62.2 Å². The Morgan fingerprint density at radius 1 is 1.11 bits per heavy atom. The molecule has 0 amide bonds. The summed E-state index contributed by atoms with van der Waals surface area (Å²) >= 11 is 0. The van der Waals surface area contributed by atoms with Crippen LogP contribution < -0.4 is 5.32 Å². The minimum Gasteiger partial charge on any atom is -0.352 e. The Morgan fingerprint density at radius 2 is 2.03 bits per heavy atom. The molecule has 0 spiro atoms. The quantitative estimate of drug-likeness (QED) is 0.258. The molecule has 0 radical (unpaired) electrons. The summed E-state index contributed by atoms with van der Waals surface area (Å²) in [5.41, 5.74) is 9.34. The van der Waals surface area contributed by atoms with Gasteiger partial charge in [-0.3, -0.25) is 15.1 Å². The summed E-state index contributed by atoms with van der Waals surface area (Å²) < 4.78 is 0. The van der Waals surface area contributed by atoms with E-state index in [4.69, 9.17) is 4.98 Å². The Morgan fingerprint density at radius 3 is 2.80 bits per heavy atom. The van der Waals surface area contributed by atoms with Crippen LogP contribution in [0.15, 0.2) is 85.5 Å². The lowest BCUT2D eigenvalue weighted by Gasteiger charge is -2.06. The van der Waals surface area contributed by atoms with Crippen molar-refractivity contribution >= 4 is 27.5 Å². The Labute approximate surface area is 203 Å². The monoisotopic (exact) mass is 461 g/mol. The molecule has 0 saturated heterocycles. The lowest BCUT2D eigenvalue weighted by Crippen LogP contribution is -2.15. The van der Waals surface area contributed by atoms with Gasteiger partial charge >= 0.3 is 0 Å². The van der Waals surface area contributed by atoms with Crippen molar-refractivity contribution in [3.05, 3.63) is 91.2 Å². The highest BCUT2D eigenvalue weighted by atomic mass is 15.1. The molecule has 0 saturated carbocycles. The lowest BCUT2D eigenvalue weighted by atomic mass is 10.1. The minimum absolute atomic E-state index is 0.763. The van der Waals surface area contributed by atoms with Gasteiger partial charge in [0.2, 0.25) is 0 Å². The number of aromatic amines is 2. The van der Waals surface area contributed by atoms with Gasteiger partial charge in [-0.15, -0.1) is 0 Å². The zero-order valence-electron chi connectivity index (χ0n) is 19.8. The van der Waals surface area contributed by atoms with Crippen molar-refractivity contribution in [2.45, 2.75) is 13.8 Å². The first-order valence-corrected chi connectivity index (χ1v) is 11.6. The molecule has 174 valence electrons. The smallest absolute Gasteiger partial charge is 0.135 e. The van der Waals surface area contributed by atoms with Gasteiger partial charge in [0.25, 0.3) is 0 Å². The van der Waals surface area contributed by atoms with E-state index in [1.54, 1.807) is 6.20 Å². The van der Waals surface area contributed by atoms with E-state index >= 15 is 0 Å². The van der Waals surface area contributed by atoms with Crippen LogP contribution >= 0.6 is 0 Å². The molecular weight excluding hydrogens is 434 g/mol. The molecule has 5 aromatic heterocycles. The number of hydrogen-bond acceptors (Lipinski definition) is 5. The van der Waals surface area contributed by atoms with Crippen LogP contribution in [-0.2, 0) is 0 Å². The van der Waals surface area contributed by atoms with Crippen LogP contribution in [0.3, 0.4) is 0 Å². The molecule has 35 heavy (non-hydrogen) atoms. The number of allylic oxidation sites excluding steroid dienone is 3. The average molecular weight is 462 g/mol. The second-order valence-electron chi connectivity index (χ2n) is 8.19. The van der Waals surface area contributed by atoms with Crippen LogP contribution in [-0.4, -0.2) is 43.2 Å². The van der Waals surface area contributed by atoms with Crippen LogP contribution in [0.5, 0.6) is 0 Å². The van der Waals surface area contributed by atoms with E-state index in [0.717, 1.165) is 74.4 Å². The molecule has 0 unspecified atom stereocenters. The first kappa shape index (κ1) is 22.4. The first-order chi connectivity index (χ1) is 17.2. The van der Waals surface area contributed by atoms with Gasteiger partial charge in [0, 0.05) is 41.6 Å². The third kappa shape index (κ3) is 4.41. The summed E-state index contributed by atoms with van der Waals surface area (Å²) in [5, 5.41) is 12.1. The summed E-state index contributed by atoms with van der Waals surface area (Å²) in [5.74, 6) is 0. The molecule has 0 aliphatic carbocycles. The molecule has 0 aliphatic heterocycles. The van der Waals surface area contributed by atoms with E-state index in [1.807, 2.05) is 55.9 Å². The van der Waals surface area contributed by atoms with Crippen molar-refractivity contribution in [3.63, 3.8) is 0 Å². The maximum atomic E-state index is 4.99.